The standard InChI is InChI=1S/C23H33N3O5/c1-7-29-20(27)19-13-17(14-30-18-11-9-8-10-12-18)25-26(19)16-23(5,6)15-24-21(28)31-22(2,3)4/h8-13H,7,14-16H2,1-6H3,(H,24,28). The Morgan fingerprint density at radius 3 is 2.39 bits per heavy atom. The average Bonchev–Trinajstić information content (AvgIpc) is 3.07. The molecule has 0 radical (unpaired) electrons. The van der Waals surface area contributed by atoms with Gasteiger partial charge in [0, 0.05) is 18.5 Å². The Bertz CT molecular complexity index is 869. The van der Waals surface area contributed by atoms with Crippen molar-refractivity contribution in [3.05, 3.63) is 47.8 Å². The van der Waals surface area contributed by atoms with E-state index in [4.69, 9.17) is 14.2 Å². The fraction of sp³-hybridized carbons (Fsp3) is 0.522. The third-order valence-corrected chi connectivity index (χ3v) is 4.13. The van der Waals surface area contributed by atoms with Crippen LogP contribution in [0.4, 0.5) is 4.79 Å². The number of hydrogen-bond acceptors (Lipinski definition) is 6. The highest BCUT2D eigenvalue weighted by Crippen LogP contribution is 2.20. The lowest BCUT2D eigenvalue weighted by molar-refractivity contribution is 0.0480. The summed E-state index contributed by atoms with van der Waals surface area (Å²) < 4.78 is 17.8. The van der Waals surface area contributed by atoms with Crippen molar-refractivity contribution in [2.24, 2.45) is 5.41 Å². The lowest BCUT2D eigenvalue weighted by Crippen LogP contribution is -2.40. The van der Waals surface area contributed by atoms with Crippen molar-refractivity contribution in [2.75, 3.05) is 13.2 Å². The fourth-order valence-corrected chi connectivity index (χ4v) is 2.79. The highest BCUT2D eigenvalue weighted by atomic mass is 16.6. The molecular weight excluding hydrogens is 398 g/mol. The number of aromatic nitrogens is 2. The summed E-state index contributed by atoms with van der Waals surface area (Å²) in [4.78, 5) is 24.4. The largest absolute Gasteiger partial charge is 0.487 e. The quantitative estimate of drug-likeness (QED) is 0.599. The second-order valence-corrected chi connectivity index (χ2v) is 9.02. The van der Waals surface area contributed by atoms with Crippen LogP contribution in [0.2, 0.25) is 0 Å². The van der Waals surface area contributed by atoms with Crippen molar-refractivity contribution < 1.29 is 23.8 Å². The molecule has 1 amide bonds. The number of benzene rings is 1. The van der Waals surface area contributed by atoms with Crippen LogP contribution in [-0.4, -0.2) is 40.6 Å². The minimum Gasteiger partial charge on any atom is -0.487 e. The van der Waals surface area contributed by atoms with Crippen molar-refractivity contribution in [1.82, 2.24) is 15.1 Å². The Labute approximate surface area is 183 Å². The first-order valence-corrected chi connectivity index (χ1v) is 10.4. The number of hydrogen-bond donors (Lipinski definition) is 1. The van der Waals surface area contributed by atoms with Crippen LogP contribution in [0.25, 0.3) is 0 Å². The number of ether oxygens (including phenoxy) is 3. The smallest absolute Gasteiger partial charge is 0.407 e. The van der Waals surface area contributed by atoms with Gasteiger partial charge in [0.2, 0.25) is 0 Å². The van der Waals surface area contributed by atoms with Crippen molar-refractivity contribution in [3.63, 3.8) is 0 Å². The van der Waals surface area contributed by atoms with E-state index >= 15 is 0 Å². The van der Waals surface area contributed by atoms with Gasteiger partial charge in [0.1, 0.15) is 29.3 Å². The molecule has 0 aliphatic carbocycles. The van der Waals surface area contributed by atoms with Crippen LogP contribution in [0.1, 0.15) is 57.7 Å². The maximum atomic E-state index is 12.4. The highest BCUT2D eigenvalue weighted by Gasteiger charge is 2.26. The minimum absolute atomic E-state index is 0.222. The van der Waals surface area contributed by atoms with E-state index in [0.29, 0.717) is 24.5 Å². The van der Waals surface area contributed by atoms with Gasteiger partial charge in [-0.05, 0) is 45.9 Å². The molecule has 0 saturated heterocycles. The Hall–Kier alpha value is -3.03. The number of rotatable bonds is 9. The van der Waals surface area contributed by atoms with Crippen LogP contribution in [0.15, 0.2) is 36.4 Å². The zero-order valence-corrected chi connectivity index (χ0v) is 19.2. The molecular formula is C23H33N3O5. The first-order valence-electron chi connectivity index (χ1n) is 10.4. The van der Waals surface area contributed by atoms with Gasteiger partial charge in [0.25, 0.3) is 0 Å². The summed E-state index contributed by atoms with van der Waals surface area (Å²) in [6.07, 6.45) is -0.483. The van der Waals surface area contributed by atoms with Gasteiger partial charge in [-0.2, -0.15) is 5.10 Å². The van der Waals surface area contributed by atoms with E-state index in [1.54, 1.807) is 17.7 Å². The van der Waals surface area contributed by atoms with Crippen molar-refractivity contribution in [1.29, 1.82) is 0 Å². The van der Waals surface area contributed by atoms with E-state index < -0.39 is 23.1 Å². The Morgan fingerprint density at radius 2 is 1.77 bits per heavy atom. The number of carbonyl (C=O) groups excluding carboxylic acids is 2. The van der Waals surface area contributed by atoms with E-state index in [0.717, 1.165) is 5.75 Å². The van der Waals surface area contributed by atoms with Crippen molar-refractivity contribution >= 4 is 12.1 Å². The molecule has 0 atom stereocenters. The number of nitrogens with zero attached hydrogens (tertiary/aromatic N) is 2. The monoisotopic (exact) mass is 431 g/mol. The molecule has 0 aliphatic heterocycles. The number of amides is 1. The van der Waals surface area contributed by atoms with Gasteiger partial charge in [0.15, 0.2) is 0 Å². The van der Waals surface area contributed by atoms with E-state index in [9.17, 15) is 9.59 Å². The lowest BCUT2D eigenvalue weighted by Gasteiger charge is -2.27. The molecule has 0 spiro atoms. The van der Waals surface area contributed by atoms with Crippen LogP contribution >= 0.6 is 0 Å². The van der Waals surface area contributed by atoms with Gasteiger partial charge < -0.3 is 19.5 Å². The summed E-state index contributed by atoms with van der Waals surface area (Å²) >= 11 is 0. The Kier molecular flexibility index (Phi) is 8.08. The van der Waals surface area contributed by atoms with Crippen molar-refractivity contribution in [2.45, 2.75) is 60.3 Å². The molecule has 0 unspecified atom stereocenters. The molecule has 0 bridgehead atoms. The second-order valence-electron chi connectivity index (χ2n) is 9.02. The zero-order chi connectivity index (χ0) is 23.1. The summed E-state index contributed by atoms with van der Waals surface area (Å²) in [5.41, 5.74) is -0.00970. The maximum absolute atomic E-state index is 12.4. The number of alkyl carbamates (subject to hydrolysis) is 1. The first-order chi connectivity index (χ1) is 14.5. The summed E-state index contributed by atoms with van der Waals surface area (Å²) in [5, 5.41) is 7.33. The molecule has 170 valence electrons. The van der Waals surface area contributed by atoms with Gasteiger partial charge >= 0.3 is 12.1 Å². The van der Waals surface area contributed by atoms with Gasteiger partial charge in [-0.15, -0.1) is 0 Å². The van der Waals surface area contributed by atoms with Crippen LogP contribution in [0, 0.1) is 5.41 Å². The third-order valence-electron chi connectivity index (χ3n) is 4.13. The zero-order valence-electron chi connectivity index (χ0n) is 19.2. The van der Waals surface area contributed by atoms with Crippen LogP contribution in [0.3, 0.4) is 0 Å². The third kappa shape index (κ3) is 8.32. The summed E-state index contributed by atoms with van der Waals surface area (Å²) in [5.74, 6) is 0.272. The van der Waals surface area contributed by atoms with Crippen LogP contribution in [-0.2, 0) is 22.6 Å². The normalized spacial score (nSPS) is 11.7. The van der Waals surface area contributed by atoms with E-state index in [1.807, 2.05) is 65.0 Å². The fourth-order valence-electron chi connectivity index (χ4n) is 2.79. The molecule has 8 heteroatoms. The molecule has 1 aromatic carbocycles. The lowest BCUT2D eigenvalue weighted by atomic mass is 9.93. The number of carbonyl (C=O) groups is 2. The van der Waals surface area contributed by atoms with Crippen LogP contribution in [0.5, 0.6) is 5.75 Å². The molecule has 31 heavy (non-hydrogen) atoms. The highest BCUT2D eigenvalue weighted by molar-refractivity contribution is 5.87. The molecule has 8 nitrogen and oxygen atoms in total. The maximum Gasteiger partial charge on any atom is 0.407 e. The summed E-state index contributed by atoms with van der Waals surface area (Å²) in [6.45, 7) is 12.4. The van der Waals surface area contributed by atoms with Crippen molar-refractivity contribution in [3.8, 4) is 5.75 Å². The predicted octanol–water partition coefficient (Wildman–Crippen LogP) is 4.19. The molecule has 1 heterocycles. The van der Waals surface area contributed by atoms with Gasteiger partial charge in [-0.1, -0.05) is 32.0 Å². The molecule has 1 N–H and O–H groups in total. The molecule has 2 aromatic rings. The number of nitrogens with one attached hydrogen (secondary N) is 1. The minimum atomic E-state index is -0.569. The van der Waals surface area contributed by atoms with E-state index in [-0.39, 0.29) is 13.2 Å². The van der Waals surface area contributed by atoms with Crippen LogP contribution < -0.4 is 10.1 Å². The van der Waals surface area contributed by atoms with Gasteiger partial charge in [-0.3, -0.25) is 4.68 Å². The number of para-hydroxylation sites is 1. The first kappa shape index (κ1) is 24.2. The molecule has 0 saturated carbocycles. The Morgan fingerprint density at radius 1 is 1.10 bits per heavy atom. The molecule has 1 aromatic heterocycles. The van der Waals surface area contributed by atoms with E-state index in [2.05, 4.69) is 10.4 Å². The number of esters is 1. The summed E-state index contributed by atoms with van der Waals surface area (Å²) in [6, 6.07) is 11.1. The van der Waals surface area contributed by atoms with Gasteiger partial charge in [-0.25, -0.2) is 9.59 Å². The molecule has 2 rings (SSSR count). The molecule has 0 fully saturated rings. The summed E-state index contributed by atoms with van der Waals surface area (Å²) in [7, 11) is 0. The topological polar surface area (TPSA) is 91.7 Å². The average molecular weight is 432 g/mol. The SMILES string of the molecule is CCOC(=O)c1cc(COc2ccccc2)nn1CC(C)(C)CNC(=O)OC(C)(C)C. The second kappa shape index (κ2) is 10.3. The van der Waals surface area contributed by atoms with E-state index in [1.165, 1.54) is 0 Å². The van der Waals surface area contributed by atoms with Gasteiger partial charge in [0.05, 0.1) is 6.61 Å². The Balaban J connectivity index is 2.10. The predicted molar refractivity (Wildman–Crippen MR) is 117 cm³/mol. The molecule has 0 aliphatic rings.